The number of rotatable bonds is 3. The van der Waals surface area contributed by atoms with Crippen molar-refractivity contribution in [3.8, 4) is 5.75 Å². The number of hydrogen-bond acceptors (Lipinski definition) is 3. The van der Waals surface area contributed by atoms with E-state index in [1.807, 2.05) is 12.1 Å². The van der Waals surface area contributed by atoms with Gasteiger partial charge in [-0.15, -0.1) is 12.4 Å². The fraction of sp³-hybridized carbons (Fsp3) is 0.538. The number of halogens is 2. The van der Waals surface area contributed by atoms with E-state index in [1.54, 1.807) is 7.11 Å². The maximum absolute atomic E-state index is 5.91. The molecule has 2 rings (SSSR count). The van der Waals surface area contributed by atoms with Crippen LogP contribution in [-0.4, -0.2) is 31.1 Å². The first-order valence-corrected chi connectivity index (χ1v) is 6.78. The van der Waals surface area contributed by atoms with Crippen molar-refractivity contribution in [1.82, 2.24) is 4.90 Å². The molecule has 0 bridgehead atoms. The Balaban J connectivity index is 0.00000162. The van der Waals surface area contributed by atoms with E-state index < -0.39 is 0 Å². The molecular formula is C13H20BrClN2O. The molecule has 0 unspecified atom stereocenters. The smallest absolute Gasteiger partial charge is 0.119 e. The number of methoxy groups -OCH3 is 1. The summed E-state index contributed by atoms with van der Waals surface area (Å²) in [6.07, 6.45) is 2.20. The summed E-state index contributed by atoms with van der Waals surface area (Å²) in [5, 5.41) is 0. The zero-order valence-corrected chi connectivity index (χ0v) is 13.0. The molecule has 0 aliphatic carbocycles. The molecule has 1 aliphatic heterocycles. The fourth-order valence-electron chi connectivity index (χ4n) is 2.15. The minimum Gasteiger partial charge on any atom is -0.497 e. The lowest BCUT2D eigenvalue weighted by atomic mass is 10.1. The molecular weight excluding hydrogens is 316 g/mol. The number of nitrogens with two attached hydrogens (primary N) is 1. The first-order valence-electron chi connectivity index (χ1n) is 5.99. The lowest BCUT2D eigenvalue weighted by molar-refractivity contribution is 0.205. The number of nitrogens with zero attached hydrogens (tertiary/aromatic N) is 1. The predicted molar refractivity (Wildman–Crippen MR) is 80.4 cm³/mol. The molecule has 0 saturated carbocycles. The molecule has 5 heteroatoms. The van der Waals surface area contributed by atoms with E-state index in [0.29, 0.717) is 6.04 Å². The monoisotopic (exact) mass is 334 g/mol. The van der Waals surface area contributed by atoms with Gasteiger partial charge in [-0.2, -0.15) is 0 Å². The number of hydrogen-bond donors (Lipinski definition) is 1. The third-order valence-electron chi connectivity index (χ3n) is 3.28. The minimum absolute atomic E-state index is 0. The lowest BCUT2D eigenvalue weighted by Gasteiger charge is -2.30. The average Bonchev–Trinajstić information content (AvgIpc) is 2.35. The summed E-state index contributed by atoms with van der Waals surface area (Å²) in [4.78, 5) is 2.45. The molecule has 0 amide bonds. The van der Waals surface area contributed by atoms with Gasteiger partial charge in [0.1, 0.15) is 5.75 Å². The third kappa shape index (κ3) is 4.12. The van der Waals surface area contributed by atoms with Crippen LogP contribution in [0.15, 0.2) is 22.7 Å². The number of benzene rings is 1. The number of ether oxygens (including phenoxy) is 1. The fourth-order valence-corrected chi connectivity index (χ4v) is 2.52. The summed E-state index contributed by atoms with van der Waals surface area (Å²) < 4.78 is 6.40. The average molecular weight is 336 g/mol. The van der Waals surface area contributed by atoms with Crippen LogP contribution < -0.4 is 10.5 Å². The summed E-state index contributed by atoms with van der Waals surface area (Å²) >= 11 is 3.59. The van der Waals surface area contributed by atoms with E-state index in [0.717, 1.165) is 42.7 Å². The Morgan fingerprint density at radius 2 is 2.06 bits per heavy atom. The highest BCUT2D eigenvalue weighted by Gasteiger charge is 2.16. The quantitative estimate of drug-likeness (QED) is 0.923. The van der Waals surface area contributed by atoms with Gasteiger partial charge >= 0.3 is 0 Å². The standard InChI is InChI=1S/C13H19BrN2O.ClH/c1-17-12-2-3-13(14)10(8-12)9-16-6-4-11(15)5-7-16;/h2-3,8,11H,4-7,9,15H2,1H3;1H. The van der Waals surface area contributed by atoms with Gasteiger partial charge in [0.2, 0.25) is 0 Å². The molecule has 1 aromatic rings. The second kappa shape index (κ2) is 7.34. The molecule has 1 aliphatic rings. The van der Waals surface area contributed by atoms with Gasteiger partial charge in [0, 0.05) is 17.1 Å². The summed E-state index contributed by atoms with van der Waals surface area (Å²) in [6, 6.07) is 6.50. The molecule has 0 aromatic heterocycles. The van der Waals surface area contributed by atoms with E-state index in [-0.39, 0.29) is 12.4 Å². The topological polar surface area (TPSA) is 38.5 Å². The van der Waals surface area contributed by atoms with Crippen molar-refractivity contribution in [3.63, 3.8) is 0 Å². The Hall–Kier alpha value is -0.290. The Labute approximate surface area is 123 Å². The second-order valence-corrected chi connectivity index (χ2v) is 5.43. The highest BCUT2D eigenvalue weighted by atomic mass is 79.9. The predicted octanol–water partition coefficient (Wildman–Crippen LogP) is 2.80. The number of likely N-dealkylation sites (tertiary alicyclic amines) is 1. The highest BCUT2D eigenvalue weighted by Crippen LogP contribution is 2.24. The van der Waals surface area contributed by atoms with Gasteiger partial charge in [0.25, 0.3) is 0 Å². The third-order valence-corrected chi connectivity index (χ3v) is 4.05. The maximum atomic E-state index is 5.91. The van der Waals surface area contributed by atoms with Gasteiger partial charge in [0.15, 0.2) is 0 Å². The van der Waals surface area contributed by atoms with E-state index in [2.05, 4.69) is 26.9 Å². The summed E-state index contributed by atoms with van der Waals surface area (Å²) in [7, 11) is 1.70. The molecule has 2 N–H and O–H groups in total. The van der Waals surface area contributed by atoms with E-state index in [4.69, 9.17) is 10.5 Å². The van der Waals surface area contributed by atoms with Crippen LogP contribution in [0.25, 0.3) is 0 Å². The van der Waals surface area contributed by atoms with Crippen LogP contribution in [0.2, 0.25) is 0 Å². The summed E-state index contributed by atoms with van der Waals surface area (Å²) in [5.41, 5.74) is 7.19. The van der Waals surface area contributed by atoms with Crippen LogP contribution in [0.4, 0.5) is 0 Å². The van der Waals surface area contributed by atoms with Crippen LogP contribution in [0.1, 0.15) is 18.4 Å². The molecule has 102 valence electrons. The van der Waals surface area contributed by atoms with Crippen LogP contribution in [0.5, 0.6) is 5.75 Å². The zero-order valence-electron chi connectivity index (χ0n) is 10.6. The SMILES string of the molecule is COc1ccc(Br)c(CN2CCC(N)CC2)c1.Cl. The van der Waals surface area contributed by atoms with E-state index in [1.165, 1.54) is 5.56 Å². The van der Waals surface area contributed by atoms with Crippen molar-refractivity contribution in [1.29, 1.82) is 0 Å². The molecule has 1 heterocycles. The Kier molecular flexibility index (Phi) is 6.43. The summed E-state index contributed by atoms with van der Waals surface area (Å²) in [6.45, 7) is 3.14. The molecule has 1 fully saturated rings. The Morgan fingerprint density at radius 3 is 2.67 bits per heavy atom. The summed E-state index contributed by atoms with van der Waals surface area (Å²) in [5.74, 6) is 0.914. The van der Waals surface area contributed by atoms with Crippen LogP contribution >= 0.6 is 28.3 Å². The molecule has 0 atom stereocenters. The van der Waals surface area contributed by atoms with Gasteiger partial charge in [0.05, 0.1) is 7.11 Å². The largest absolute Gasteiger partial charge is 0.497 e. The van der Waals surface area contributed by atoms with Crippen molar-refractivity contribution in [3.05, 3.63) is 28.2 Å². The maximum Gasteiger partial charge on any atom is 0.119 e. The minimum atomic E-state index is 0. The number of piperidine rings is 1. The first kappa shape index (κ1) is 15.8. The molecule has 1 aromatic carbocycles. The highest BCUT2D eigenvalue weighted by molar-refractivity contribution is 9.10. The normalized spacial score (nSPS) is 17.3. The Morgan fingerprint density at radius 1 is 1.39 bits per heavy atom. The van der Waals surface area contributed by atoms with Crippen molar-refractivity contribution < 1.29 is 4.74 Å². The van der Waals surface area contributed by atoms with Crippen molar-refractivity contribution >= 4 is 28.3 Å². The van der Waals surface area contributed by atoms with Gasteiger partial charge < -0.3 is 10.5 Å². The van der Waals surface area contributed by atoms with Gasteiger partial charge in [-0.3, -0.25) is 4.90 Å². The molecule has 1 saturated heterocycles. The van der Waals surface area contributed by atoms with Gasteiger partial charge in [-0.1, -0.05) is 15.9 Å². The first-order chi connectivity index (χ1) is 8.19. The van der Waals surface area contributed by atoms with Crippen molar-refractivity contribution in [2.75, 3.05) is 20.2 Å². The van der Waals surface area contributed by atoms with Gasteiger partial charge in [-0.25, -0.2) is 0 Å². The van der Waals surface area contributed by atoms with Gasteiger partial charge in [-0.05, 0) is 49.7 Å². The van der Waals surface area contributed by atoms with Crippen molar-refractivity contribution in [2.24, 2.45) is 5.73 Å². The molecule has 0 spiro atoms. The van der Waals surface area contributed by atoms with E-state index >= 15 is 0 Å². The van der Waals surface area contributed by atoms with Crippen LogP contribution in [0, 0.1) is 0 Å². The van der Waals surface area contributed by atoms with Crippen LogP contribution in [0.3, 0.4) is 0 Å². The zero-order chi connectivity index (χ0) is 12.3. The van der Waals surface area contributed by atoms with Crippen molar-refractivity contribution in [2.45, 2.75) is 25.4 Å². The molecule has 18 heavy (non-hydrogen) atoms. The Bertz CT molecular complexity index is 381. The van der Waals surface area contributed by atoms with Crippen LogP contribution in [-0.2, 0) is 6.54 Å². The molecule has 0 radical (unpaired) electrons. The van der Waals surface area contributed by atoms with E-state index in [9.17, 15) is 0 Å². The second-order valence-electron chi connectivity index (χ2n) is 4.57. The molecule has 3 nitrogen and oxygen atoms in total. The lowest BCUT2D eigenvalue weighted by Crippen LogP contribution is -2.39.